The molecule has 0 radical (unpaired) electrons. The summed E-state index contributed by atoms with van der Waals surface area (Å²) in [7, 11) is -3.82. The summed E-state index contributed by atoms with van der Waals surface area (Å²) in [6, 6.07) is 8.90. The highest BCUT2D eigenvalue weighted by Crippen LogP contribution is 2.14. The lowest BCUT2D eigenvalue weighted by molar-refractivity contribution is 0.303. The van der Waals surface area contributed by atoms with Crippen LogP contribution in [0.5, 0.6) is 0 Å². The Bertz CT molecular complexity index is 651. The lowest BCUT2D eigenvalue weighted by Gasteiger charge is -2.05. The van der Waals surface area contributed by atoms with Crippen molar-refractivity contribution in [3.63, 3.8) is 0 Å². The maximum atomic E-state index is 12.6. The van der Waals surface area contributed by atoms with Gasteiger partial charge in [-0.2, -0.15) is 8.42 Å². The second kappa shape index (κ2) is 5.46. The molecule has 0 saturated heterocycles. The summed E-state index contributed by atoms with van der Waals surface area (Å²) in [5, 5.41) is 0. The summed E-state index contributed by atoms with van der Waals surface area (Å²) in [5.74, 6) is -0.481. The molecule has 1 aromatic carbocycles. The minimum Gasteiger partial charge on any atom is -0.260 e. The predicted octanol–water partition coefficient (Wildman–Crippen LogP) is 2.43. The van der Waals surface area contributed by atoms with Crippen LogP contribution in [0.1, 0.15) is 11.3 Å². The van der Waals surface area contributed by atoms with Crippen molar-refractivity contribution in [1.29, 1.82) is 0 Å². The Morgan fingerprint density at radius 1 is 1.16 bits per heavy atom. The van der Waals surface area contributed by atoms with Crippen molar-refractivity contribution in [2.45, 2.75) is 18.4 Å². The van der Waals surface area contributed by atoms with Crippen LogP contribution >= 0.6 is 0 Å². The van der Waals surface area contributed by atoms with Crippen molar-refractivity contribution < 1.29 is 17.0 Å². The number of rotatable bonds is 4. The molecule has 2 aromatic rings. The molecule has 19 heavy (non-hydrogen) atoms. The van der Waals surface area contributed by atoms with Gasteiger partial charge in [0.1, 0.15) is 12.4 Å². The molecule has 0 N–H and O–H groups in total. The molecule has 0 aliphatic rings. The van der Waals surface area contributed by atoms with Crippen LogP contribution in [0.2, 0.25) is 0 Å². The molecule has 4 nitrogen and oxygen atoms in total. The number of benzene rings is 1. The maximum Gasteiger partial charge on any atom is 0.297 e. The molecule has 1 heterocycles. The van der Waals surface area contributed by atoms with E-state index in [9.17, 15) is 12.8 Å². The summed E-state index contributed by atoms with van der Waals surface area (Å²) in [4.78, 5) is 3.81. The first-order valence-electron chi connectivity index (χ1n) is 5.54. The zero-order chi connectivity index (χ0) is 13.9. The molecular formula is C13H12FNO3S. The molecule has 0 fully saturated rings. The van der Waals surface area contributed by atoms with Gasteiger partial charge >= 0.3 is 0 Å². The predicted molar refractivity (Wildman–Crippen MR) is 67.3 cm³/mol. The van der Waals surface area contributed by atoms with Crippen LogP contribution in [0.15, 0.2) is 47.5 Å². The van der Waals surface area contributed by atoms with Gasteiger partial charge in [-0.15, -0.1) is 0 Å². The summed E-state index contributed by atoms with van der Waals surface area (Å²) < 4.78 is 41.2. The van der Waals surface area contributed by atoms with E-state index in [-0.39, 0.29) is 11.5 Å². The van der Waals surface area contributed by atoms with Crippen LogP contribution < -0.4 is 0 Å². The number of aryl methyl sites for hydroxylation is 1. The van der Waals surface area contributed by atoms with E-state index in [0.29, 0.717) is 5.69 Å². The Kier molecular flexibility index (Phi) is 3.92. The molecule has 0 aliphatic heterocycles. The minimum atomic E-state index is -3.82. The highest BCUT2D eigenvalue weighted by molar-refractivity contribution is 7.86. The topological polar surface area (TPSA) is 56.3 Å². The van der Waals surface area contributed by atoms with Gasteiger partial charge in [0.25, 0.3) is 10.1 Å². The zero-order valence-corrected chi connectivity index (χ0v) is 11.0. The minimum absolute atomic E-state index is 0.0835. The third-order valence-corrected chi connectivity index (χ3v) is 3.74. The Labute approximate surface area is 111 Å². The lowest BCUT2D eigenvalue weighted by atomic mass is 10.2. The molecular weight excluding hydrogens is 269 g/mol. The van der Waals surface area contributed by atoms with E-state index in [0.717, 1.165) is 11.8 Å². The number of hydrogen-bond acceptors (Lipinski definition) is 4. The highest BCUT2D eigenvalue weighted by atomic mass is 32.2. The summed E-state index contributed by atoms with van der Waals surface area (Å²) in [6.07, 6.45) is 1.01. The van der Waals surface area contributed by atoms with Crippen LogP contribution in [-0.2, 0) is 20.9 Å². The summed E-state index contributed by atoms with van der Waals surface area (Å²) >= 11 is 0. The van der Waals surface area contributed by atoms with Gasteiger partial charge in [-0.1, -0.05) is 17.7 Å². The third-order valence-electron chi connectivity index (χ3n) is 2.46. The van der Waals surface area contributed by atoms with Gasteiger partial charge in [-0.25, -0.2) is 4.39 Å². The van der Waals surface area contributed by atoms with Crippen molar-refractivity contribution in [3.8, 4) is 0 Å². The number of hydrogen-bond donors (Lipinski definition) is 0. The van der Waals surface area contributed by atoms with Crippen LogP contribution in [-0.4, -0.2) is 13.4 Å². The Morgan fingerprint density at radius 2 is 1.84 bits per heavy atom. The molecule has 0 bridgehead atoms. The number of nitrogens with zero attached hydrogens (tertiary/aromatic N) is 1. The quantitative estimate of drug-likeness (QED) is 0.808. The average molecular weight is 281 g/mol. The third kappa shape index (κ3) is 3.59. The highest BCUT2D eigenvalue weighted by Gasteiger charge is 2.15. The average Bonchev–Trinajstić information content (AvgIpc) is 2.39. The molecule has 2 rings (SSSR count). The zero-order valence-electron chi connectivity index (χ0n) is 10.2. The van der Waals surface area contributed by atoms with E-state index in [1.54, 1.807) is 12.1 Å². The fourth-order valence-corrected chi connectivity index (χ4v) is 2.28. The van der Waals surface area contributed by atoms with E-state index in [1.807, 2.05) is 6.92 Å². The molecule has 1 aromatic heterocycles. The molecule has 0 amide bonds. The molecule has 6 heteroatoms. The number of pyridine rings is 1. The first kappa shape index (κ1) is 13.6. The van der Waals surface area contributed by atoms with Gasteiger partial charge in [0.2, 0.25) is 0 Å². The van der Waals surface area contributed by atoms with Gasteiger partial charge in [-0.05, 0) is 31.2 Å². The van der Waals surface area contributed by atoms with Crippen molar-refractivity contribution in [1.82, 2.24) is 4.98 Å². The van der Waals surface area contributed by atoms with Crippen molar-refractivity contribution in [3.05, 3.63) is 59.7 Å². The second-order valence-electron chi connectivity index (χ2n) is 4.00. The van der Waals surface area contributed by atoms with Gasteiger partial charge in [-0.3, -0.25) is 9.17 Å². The summed E-state index contributed by atoms with van der Waals surface area (Å²) in [5.41, 5.74) is 1.30. The van der Waals surface area contributed by atoms with Crippen molar-refractivity contribution in [2.75, 3.05) is 0 Å². The van der Waals surface area contributed by atoms with E-state index >= 15 is 0 Å². The molecule has 0 saturated carbocycles. The van der Waals surface area contributed by atoms with Crippen LogP contribution in [0, 0.1) is 12.7 Å². The van der Waals surface area contributed by atoms with Crippen molar-refractivity contribution in [2.24, 2.45) is 0 Å². The summed E-state index contributed by atoms with van der Waals surface area (Å²) in [6.45, 7) is 1.64. The fraction of sp³-hybridized carbons (Fsp3) is 0.154. The van der Waals surface area contributed by atoms with Crippen LogP contribution in [0.25, 0.3) is 0 Å². The largest absolute Gasteiger partial charge is 0.297 e. The smallest absolute Gasteiger partial charge is 0.260 e. The number of halogens is 1. The lowest BCUT2D eigenvalue weighted by Crippen LogP contribution is -2.07. The Morgan fingerprint density at radius 3 is 2.42 bits per heavy atom. The fourth-order valence-electron chi connectivity index (χ4n) is 1.40. The molecule has 100 valence electrons. The van der Waals surface area contributed by atoms with Crippen molar-refractivity contribution >= 4 is 10.1 Å². The van der Waals surface area contributed by atoms with Crippen LogP contribution in [0.4, 0.5) is 4.39 Å². The first-order valence-corrected chi connectivity index (χ1v) is 6.95. The van der Waals surface area contributed by atoms with Crippen LogP contribution in [0.3, 0.4) is 0 Å². The molecule has 0 unspecified atom stereocenters. The molecule has 0 spiro atoms. The standard InChI is InChI=1S/C13H12FNO3S/c1-10-2-6-13(7-3-10)19(16,17)18-9-12-5-4-11(14)8-15-12/h2-8H,9H2,1H3. The first-order chi connectivity index (χ1) is 8.97. The van der Waals surface area contributed by atoms with E-state index < -0.39 is 15.9 Å². The van der Waals surface area contributed by atoms with E-state index in [1.165, 1.54) is 24.3 Å². The normalized spacial score (nSPS) is 11.5. The maximum absolute atomic E-state index is 12.6. The van der Waals surface area contributed by atoms with Gasteiger partial charge in [0, 0.05) is 0 Å². The van der Waals surface area contributed by atoms with E-state index in [2.05, 4.69) is 4.98 Å². The molecule has 0 atom stereocenters. The van der Waals surface area contributed by atoms with E-state index in [4.69, 9.17) is 4.18 Å². The van der Waals surface area contributed by atoms with Gasteiger partial charge in [0.15, 0.2) is 0 Å². The second-order valence-corrected chi connectivity index (χ2v) is 5.61. The monoisotopic (exact) mass is 281 g/mol. The van der Waals surface area contributed by atoms with Gasteiger partial charge < -0.3 is 0 Å². The SMILES string of the molecule is Cc1ccc(S(=O)(=O)OCc2ccc(F)cn2)cc1. The molecule has 0 aliphatic carbocycles. The number of aromatic nitrogens is 1. The Hall–Kier alpha value is -1.79. The van der Waals surface area contributed by atoms with Gasteiger partial charge in [0.05, 0.1) is 16.8 Å². The Balaban J connectivity index is 2.09.